The van der Waals surface area contributed by atoms with Crippen molar-refractivity contribution in [3.05, 3.63) is 71.3 Å². The molecule has 2 aromatic carbocycles. The molecule has 3 atom stereocenters. The van der Waals surface area contributed by atoms with Crippen LogP contribution in [0.15, 0.2) is 54.6 Å². The van der Waals surface area contributed by atoms with Crippen LogP contribution in [-0.4, -0.2) is 23.5 Å². The molecule has 2 aromatic rings. The minimum atomic E-state index is -4.39. The highest BCUT2D eigenvalue weighted by Crippen LogP contribution is 2.48. The Morgan fingerprint density at radius 1 is 1.07 bits per heavy atom. The Hall–Kier alpha value is -2.83. The van der Waals surface area contributed by atoms with Gasteiger partial charge in [-0.05, 0) is 42.0 Å². The number of carboxylic acids is 1. The van der Waals surface area contributed by atoms with Gasteiger partial charge in [-0.3, -0.25) is 9.59 Å². The summed E-state index contributed by atoms with van der Waals surface area (Å²) >= 11 is 0. The monoisotopic (exact) mass is 391 g/mol. The van der Waals surface area contributed by atoms with E-state index in [0.29, 0.717) is 18.4 Å². The molecule has 0 spiro atoms. The van der Waals surface area contributed by atoms with Crippen LogP contribution in [0.2, 0.25) is 0 Å². The first-order valence-corrected chi connectivity index (χ1v) is 8.97. The van der Waals surface area contributed by atoms with Crippen molar-refractivity contribution >= 4 is 11.9 Å². The van der Waals surface area contributed by atoms with Crippen LogP contribution in [0.3, 0.4) is 0 Å². The summed E-state index contributed by atoms with van der Waals surface area (Å²) in [6.45, 7) is 0.0132. The van der Waals surface area contributed by atoms with Gasteiger partial charge in [0.25, 0.3) is 0 Å². The maximum Gasteiger partial charge on any atom is 0.416 e. The summed E-state index contributed by atoms with van der Waals surface area (Å²) in [5.74, 6) is -2.44. The number of benzene rings is 2. The Labute approximate surface area is 160 Å². The van der Waals surface area contributed by atoms with Gasteiger partial charge < -0.3 is 10.4 Å². The van der Waals surface area contributed by atoms with E-state index in [1.54, 1.807) is 0 Å². The molecule has 4 nitrogen and oxygen atoms in total. The minimum Gasteiger partial charge on any atom is -0.481 e. The molecule has 1 aliphatic carbocycles. The molecule has 148 valence electrons. The Bertz CT molecular complexity index is 834. The standard InChI is InChI=1S/C21H20F3NO3/c22-21(23,24)16-8-6-14(7-9-16)17-11-18(17)19(26)25-12-15(20(27)28)10-13-4-2-1-3-5-13/h1-9,15,17-18H,10-12H2,(H,25,26)(H,27,28). The lowest BCUT2D eigenvalue weighted by atomic mass is 9.99. The summed E-state index contributed by atoms with van der Waals surface area (Å²) in [5, 5.41) is 12.1. The molecule has 0 radical (unpaired) electrons. The lowest BCUT2D eigenvalue weighted by molar-refractivity contribution is -0.141. The van der Waals surface area contributed by atoms with Crippen LogP contribution in [0.5, 0.6) is 0 Å². The third-order valence-electron chi connectivity index (χ3n) is 4.99. The number of nitrogens with one attached hydrogen (secondary N) is 1. The quantitative estimate of drug-likeness (QED) is 0.753. The van der Waals surface area contributed by atoms with Crippen molar-refractivity contribution in [2.75, 3.05) is 6.54 Å². The molecule has 0 saturated heterocycles. The first-order chi connectivity index (χ1) is 13.3. The first kappa shape index (κ1) is 19.9. The van der Waals surface area contributed by atoms with E-state index in [9.17, 15) is 27.9 Å². The molecule has 3 unspecified atom stereocenters. The smallest absolute Gasteiger partial charge is 0.416 e. The molecule has 0 bridgehead atoms. The summed E-state index contributed by atoms with van der Waals surface area (Å²) in [7, 11) is 0. The SMILES string of the molecule is O=C(O)C(CNC(=O)C1CC1c1ccc(C(F)(F)F)cc1)Cc1ccccc1. The van der Waals surface area contributed by atoms with Crippen molar-refractivity contribution in [1.29, 1.82) is 0 Å². The van der Waals surface area contributed by atoms with Crippen molar-refractivity contribution in [3.8, 4) is 0 Å². The van der Waals surface area contributed by atoms with Gasteiger partial charge >= 0.3 is 12.1 Å². The van der Waals surface area contributed by atoms with Crippen LogP contribution in [0.25, 0.3) is 0 Å². The summed E-state index contributed by atoms with van der Waals surface area (Å²) < 4.78 is 37.9. The number of halogens is 3. The minimum absolute atomic E-state index is 0.0132. The van der Waals surface area contributed by atoms with E-state index < -0.39 is 23.6 Å². The van der Waals surface area contributed by atoms with Crippen LogP contribution in [0, 0.1) is 11.8 Å². The van der Waals surface area contributed by atoms with E-state index in [-0.39, 0.29) is 24.3 Å². The molecular weight excluding hydrogens is 371 g/mol. The fraction of sp³-hybridized carbons (Fsp3) is 0.333. The van der Waals surface area contributed by atoms with Crippen molar-refractivity contribution in [1.82, 2.24) is 5.32 Å². The zero-order valence-corrected chi connectivity index (χ0v) is 14.9. The molecule has 1 aliphatic rings. The van der Waals surface area contributed by atoms with Crippen molar-refractivity contribution in [2.45, 2.75) is 24.9 Å². The number of carboxylic acid groups (broad SMARTS) is 1. The number of hydrogen-bond donors (Lipinski definition) is 2. The Morgan fingerprint density at radius 3 is 2.29 bits per heavy atom. The molecule has 0 aromatic heterocycles. The molecule has 1 amide bonds. The Morgan fingerprint density at radius 2 is 1.71 bits per heavy atom. The first-order valence-electron chi connectivity index (χ1n) is 8.97. The normalized spacial score (nSPS) is 19.7. The molecule has 0 aliphatic heterocycles. The predicted molar refractivity (Wildman–Crippen MR) is 96.6 cm³/mol. The summed E-state index contributed by atoms with van der Waals surface area (Å²) in [4.78, 5) is 23.8. The van der Waals surface area contributed by atoms with Gasteiger partial charge in [-0.15, -0.1) is 0 Å². The molecular formula is C21H20F3NO3. The van der Waals surface area contributed by atoms with Gasteiger partial charge in [-0.2, -0.15) is 13.2 Å². The predicted octanol–water partition coefficient (Wildman–Crippen LogP) is 3.87. The van der Waals surface area contributed by atoms with Crippen LogP contribution in [0.4, 0.5) is 13.2 Å². The number of alkyl halides is 3. The van der Waals surface area contributed by atoms with Gasteiger partial charge in [-0.1, -0.05) is 42.5 Å². The van der Waals surface area contributed by atoms with Crippen molar-refractivity contribution in [2.24, 2.45) is 11.8 Å². The lowest BCUT2D eigenvalue weighted by Crippen LogP contribution is -2.35. The largest absolute Gasteiger partial charge is 0.481 e. The van der Waals surface area contributed by atoms with Gasteiger partial charge in [0.1, 0.15) is 0 Å². The zero-order valence-electron chi connectivity index (χ0n) is 14.9. The number of hydrogen-bond acceptors (Lipinski definition) is 2. The number of aliphatic carboxylic acids is 1. The van der Waals surface area contributed by atoms with Gasteiger partial charge in [0.2, 0.25) is 5.91 Å². The highest BCUT2D eigenvalue weighted by Gasteiger charge is 2.44. The van der Waals surface area contributed by atoms with Gasteiger partial charge in [0.05, 0.1) is 11.5 Å². The summed E-state index contributed by atoms with van der Waals surface area (Å²) in [6.07, 6.45) is -3.53. The van der Waals surface area contributed by atoms with E-state index in [2.05, 4.69) is 5.32 Å². The highest BCUT2D eigenvalue weighted by molar-refractivity contribution is 5.83. The molecule has 28 heavy (non-hydrogen) atoms. The summed E-state index contributed by atoms with van der Waals surface area (Å²) in [5.41, 5.74) is 0.841. The Kier molecular flexibility index (Phi) is 5.72. The lowest BCUT2D eigenvalue weighted by Gasteiger charge is -2.14. The highest BCUT2D eigenvalue weighted by atomic mass is 19.4. The van der Waals surface area contributed by atoms with Crippen molar-refractivity contribution < 1.29 is 27.9 Å². The molecule has 7 heteroatoms. The topological polar surface area (TPSA) is 66.4 Å². The van der Waals surface area contributed by atoms with E-state index >= 15 is 0 Å². The van der Waals surface area contributed by atoms with Crippen LogP contribution < -0.4 is 5.32 Å². The van der Waals surface area contributed by atoms with Gasteiger partial charge in [-0.25, -0.2) is 0 Å². The number of amides is 1. The Balaban J connectivity index is 1.53. The van der Waals surface area contributed by atoms with E-state index in [1.807, 2.05) is 30.3 Å². The van der Waals surface area contributed by atoms with Gasteiger partial charge in [0.15, 0.2) is 0 Å². The summed E-state index contributed by atoms with van der Waals surface area (Å²) in [6, 6.07) is 14.0. The maximum absolute atomic E-state index is 12.6. The van der Waals surface area contributed by atoms with Crippen LogP contribution in [0.1, 0.15) is 29.0 Å². The third-order valence-corrected chi connectivity index (χ3v) is 4.99. The van der Waals surface area contributed by atoms with E-state index in [1.165, 1.54) is 12.1 Å². The van der Waals surface area contributed by atoms with E-state index in [4.69, 9.17) is 0 Å². The molecule has 1 saturated carbocycles. The zero-order chi connectivity index (χ0) is 20.3. The molecule has 1 fully saturated rings. The molecule has 0 heterocycles. The number of rotatable bonds is 7. The van der Waals surface area contributed by atoms with Crippen molar-refractivity contribution in [3.63, 3.8) is 0 Å². The van der Waals surface area contributed by atoms with E-state index in [0.717, 1.165) is 17.7 Å². The second-order valence-electron chi connectivity index (χ2n) is 7.04. The third kappa shape index (κ3) is 4.91. The molecule has 2 N–H and O–H groups in total. The second kappa shape index (κ2) is 8.04. The number of carbonyl (C=O) groups excluding carboxylic acids is 1. The maximum atomic E-state index is 12.6. The average Bonchev–Trinajstić information content (AvgIpc) is 3.46. The molecule has 3 rings (SSSR count). The number of carbonyl (C=O) groups is 2. The van der Waals surface area contributed by atoms with Crippen LogP contribution >= 0.6 is 0 Å². The van der Waals surface area contributed by atoms with Crippen LogP contribution in [-0.2, 0) is 22.2 Å². The second-order valence-corrected chi connectivity index (χ2v) is 7.04. The van der Waals surface area contributed by atoms with Gasteiger partial charge in [0, 0.05) is 12.5 Å². The average molecular weight is 391 g/mol. The fourth-order valence-corrected chi connectivity index (χ4v) is 3.27. The fourth-order valence-electron chi connectivity index (χ4n) is 3.27.